The first-order valence-electron chi connectivity index (χ1n) is 7.05. The molecule has 1 aliphatic rings. The summed E-state index contributed by atoms with van der Waals surface area (Å²) >= 11 is 0. The standard InChI is InChI=1S/C17H23NOS/c1-17(2,3)20(19)18-16(14-10-6-4-7-11-14)15-12-8-5-9-13-15/h4-12,15-16,18H,13H2,1-3H3/t15-,16+,20?/m0/s1. The SMILES string of the molecule is CC(C)(C)S(=O)N[C@H](c1ccccc1)[C@H]1C=CC=CC1. The van der Waals surface area contributed by atoms with Crippen molar-refractivity contribution < 1.29 is 4.21 Å². The molecule has 1 unspecified atom stereocenters. The van der Waals surface area contributed by atoms with Gasteiger partial charge in [0.15, 0.2) is 0 Å². The van der Waals surface area contributed by atoms with Crippen LogP contribution in [0.15, 0.2) is 54.6 Å². The van der Waals surface area contributed by atoms with E-state index in [9.17, 15) is 4.21 Å². The molecule has 3 heteroatoms. The van der Waals surface area contributed by atoms with Gasteiger partial charge in [0.1, 0.15) is 0 Å². The Morgan fingerprint density at radius 2 is 1.90 bits per heavy atom. The number of hydrogen-bond donors (Lipinski definition) is 1. The van der Waals surface area contributed by atoms with Crippen molar-refractivity contribution >= 4 is 11.0 Å². The highest BCUT2D eigenvalue weighted by atomic mass is 32.2. The second kappa shape index (κ2) is 6.51. The summed E-state index contributed by atoms with van der Waals surface area (Å²) in [6.45, 7) is 5.98. The van der Waals surface area contributed by atoms with Crippen LogP contribution in [0.1, 0.15) is 38.8 Å². The predicted molar refractivity (Wildman–Crippen MR) is 86.6 cm³/mol. The van der Waals surface area contributed by atoms with Crippen molar-refractivity contribution in [1.82, 2.24) is 4.72 Å². The molecular weight excluding hydrogens is 266 g/mol. The molecule has 0 fully saturated rings. The molecule has 0 bridgehead atoms. The van der Waals surface area contributed by atoms with Gasteiger partial charge >= 0.3 is 0 Å². The van der Waals surface area contributed by atoms with Gasteiger partial charge in [-0.3, -0.25) is 0 Å². The second-order valence-corrected chi connectivity index (χ2v) is 8.10. The van der Waals surface area contributed by atoms with E-state index in [1.165, 1.54) is 5.56 Å². The fourth-order valence-electron chi connectivity index (χ4n) is 2.20. The molecule has 108 valence electrons. The molecule has 0 saturated heterocycles. The second-order valence-electron chi connectivity index (χ2n) is 6.10. The summed E-state index contributed by atoms with van der Waals surface area (Å²) in [5.74, 6) is 0.341. The lowest BCUT2D eigenvalue weighted by atomic mass is 9.89. The summed E-state index contributed by atoms with van der Waals surface area (Å²) < 4.78 is 15.5. The van der Waals surface area contributed by atoms with Crippen LogP contribution in [-0.4, -0.2) is 8.96 Å². The summed E-state index contributed by atoms with van der Waals surface area (Å²) in [6, 6.07) is 10.4. The average molecular weight is 289 g/mol. The highest BCUT2D eigenvalue weighted by Gasteiger charge is 2.27. The van der Waals surface area contributed by atoms with Crippen LogP contribution in [0.3, 0.4) is 0 Å². The fraction of sp³-hybridized carbons (Fsp3) is 0.412. The van der Waals surface area contributed by atoms with Crippen molar-refractivity contribution in [2.45, 2.75) is 38.0 Å². The van der Waals surface area contributed by atoms with Crippen molar-refractivity contribution in [2.24, 2.45) is 5.92 Å². The third kappa shape index (κ3) is 3.90. The lowest BCUT2D eigenvalue weighted by Crippen LogP contribution is -2.38. The van der Waals surface area contributed by atoms with E-state index < -0.39 is 11.0 Å². The molecule has 0 radical (unpaired) electrons. The van der Waals surface area contributed by atoms with Crippen LogP contribution in [0.2, 0.25) is 0 Å². The number of rotatable bonds is 4. The molecule has 1 aromatic rings. The minimum atomic E-state index is -1.08. The summed E-state index contributed by atoms with van der Waals surface area (Å²) in [4.78, 5) is 0. The Kier molecular flexibility index (Phi) is 4.95. The highest BCUT2D eigenvalue weighted by Crippen LogP contribution is 2.29. The Morgan fingerprint density at radius 3 is 2.45 bits per heavy atom. The largest absolute Gasteiger partial charge is 0.242 e. The van der Waals surface area contributed by atoms with Crippen molar-refractivity contribution in [1.29, 1.82) is 0 Å². The van der Waals surface area contributed by atoms with Gasteiger partial charge in [0.05, 0.1) is 21.8 Å². The Balaban J connectivity index is 2.23. The van der Waals surface area contributed by atoms with Gasteiger partial charge in [-0.05, 0) is 32.8 Å². The molecule has 0 aliphatic heterocycles. The summed E-state index contributed by atoms with van der Waals surface area (Å²) in [5, 5.41) is 0. The highest BCUT2D eigenvalue weighted by molar-refractivity contribution is 7.84. The summed E-state index contributed by atoms with van der Waals surface area (Å²) in [6.07, 6.45) is 9.49. The minimum Gasteiger partial charge on any atom is -0.242 e. The van der Waals surface area contributed by atoms with Gasteiger partial charge in [0.25, 0.3) is 0 Å². The first kappa shape index (κ1) is 15.2. The van der Waals surface area contributed by atoms with Crippen LogP contribution in [0.4, 0.5) is 0 Å². The smallest absolute Gasteiger partial charge is 0.0976 e. The minimum absolute atomic E-state index is 0.0810. The molecule has 1 N–H and O–H groups in total. The Hall–Kier alpha value is -1.19. The van der Waals surface area contributed by atoms with E-state index in [1.807, 2.05) is 39.0 Å². The number of nitrogens with one attached hydrogen (secondary N) is 1. The van der Waals surface area contributed by atoms with E-state index in [2.05, 4.69) is 41.2 Å². The van der Waals surface area contributed by atoms with Gasteiger partial charge in [-0.1, -0.05) is 54.6 Å². The van der Waals surface area contributed by atoms with Crippen molar-refractivity contribution in [2.75, 3.05) is 0 Å². The van der Waals surface area contributed by atoms with Gasteiger partial charge in [-0.25, -0.2) is 8.93 Å². The number of allylic oxidation sites excluding steroid dienone is 3. The summed E-state index contributed by atoms with van der Waals surface area (Å²) in [5.41, 5.74) is 1.19. The third-order valence-electron chi connectivity index (χ3n) is 3.39. The topological polar surface area (TPSA) is 29.1 Å². The molecule has 1 aromatic carbocycles. The Labute approximate surface area is 124 Å². The van der Waals surface area contributed by atoms with Crippen LogP contribution in [0.5, 0.6) is 0 Å². The fourth-order valence-corrected chi connectivity index (χ4v) is 3.10. The maximum absolute atomic E-state index is 12.4. The molecule has 2 nitrogen and oxygen atoms in total. The zero-order valence-corrected chi connectivity index (χ0v) is 13.2. The van der Waals surface area contributed by atoms with Crippen molar-refractivity contribution in [3.05, 3.63) is 60.2 Å². The van der Waals surface area contributed by atoms with Gasteiger partial charge in [-0.15, -0.1) is 0 Å². The average Bonchev–Trinajstić information content (AvgIpc) is 2.45. The van der Waals surface area contributed by atoms with E-state index in [0.717, 1.165) is 6.42 Å². The quantitative estimate of drug-likeness (QED) is 0.894. The molecule has 20 heavy (non-hydrogen) atoms. The molecule has 1 aliphatic carbocycles. The van der Waals surface area contributed by atoms with Gasteiger partial charge in [-0.2, -0.15) is 0 Å². The zero-order chi connectivity index (χ0) is 14.6. The molecule has 0 saturated carbocycles. The maximum atomic E-state index is 12.4. The molecule has 0 aromatic heterocycles. The van der Waals surface area contributed by atoms with Crippen LogP contribution in [0, 0.1) is 5.92 Å². The number of hydrogen-bond acceptors (Lipinski definition) is 1. The van der Waals surface area contributed by atoms with E-state index in [4.69, 9.17) is 0 Å². The third-order valence-corrected chi connectivity index (χ3v) is 4.97. The normalized spacial score (nSPS) is 21.6. The molecule has 3 atom stereocenters. The van der Waals surface area contributed by atoms with Gasteiger partial charge < -0.3 is 0 Å². The first-order chi connectivity index (χ1) is 9.48. The maximum Gasteiger partial charge on any atom is 0.0976 e. The lowest BCUT2D eigenvalue weighted by molar-refractivity contribution is 0.482. The first-order valence-corrected chi connectivity index (χ1v) is 8.20. The lowest BCUT2D eigenvalue weighted by Gasteiger charge is -2.29. The molecular formula is C17H23NOS. The van der Waals surface area contributed by atoms with Crippen molar-refractivity contribution in [3.63, 3.8) is 0 Å². The van der Waals surface area contributed by atoms with Gasteiger partial charge in [0, 0.05) is 5.92 Å². The van der Waals surface area contributed by atoms with Crippen LogP contribution < -0.4 is 4.72 Å². The van der Waals surface area contributed by atoms with Gasteiger partial charge in [0.2, 0.25) is 0 Å². The molecule has 0 heterocycles. The molecule has 2 rings (SSSR count). The van der Waals surface area contributed by atoms with E-state index >= 15 is 0 Å². The van der Waals surface area contributed by atoms with Crippen LogP contribution in [-0.2, 0) is 11.0 Å². The zero-order valence-electron chi connectivity index (χ0n) is 12.4. The monoisotopic (exact) mass is 289 g/mol. The van der Waals surface area contributed by atoms with Crippen LogP contribution >= 0.6 is 0 Å². The van der Waals surface area contributed by atoms with E-state index in [1.54, 1.807) is 0 Å². The molecule has 0 amide bonds. The summed E-state index contributed by atoms with van der Waals surface area (Å²) in [7, 11) is -1.08. The Bertz CT molecular complexity index is 514. The predicted octanol–water partition coefficient (Wildman–Crippen LogP) is 3.91. The number of benzene rings is 1. The Morgan fingerprint density at radius 1 is 1.20 bits per heavy atom. The van der Waals surface area contributed by atoms with Crippen molar-refractivity contribution in [3.8, 4) is 0 Å². The molecule has 0 spiro atoms. The van der Waals surface area contributed by atoms with E-state index in [-0.39, 0.29) is 10.8 Å². The van der Waals surface area contributed by atoms with Crippen LogP contribution in [0.25, 0.3) is 0 Å². The van der Waals surface area contributed by atoms with E-state index in [0.29, 0.717) is 5.92 Å².